The van der Waals surface area contributed by atoms with Crippen molar-refractivity contribution < 1.29 is 0 Å². The zero-order valence-electron chi connectivity index (χ0n) is 11.6. The summed E-state index contributed by atoms with van der Waals surface area (Å²) in [7, 11) is 0. The summed E-state index contributed by atoms with van der Waals surface area (Å²) in [5.74, 6) is 1.03. The van der Waals surface area contributed by atoms with Crippen LogP contribution in [0.15, 0.2) is 30.6 Å². The van der Waals surface area contributed by atoms with Crippen molar-refractivity contribution in [3.05, 3.63) is 42.0 Å². The molecule has 4 heteroatoms. The van der Waals surface area contributed by atoms with Gasteiger partial charge in [-0.15, -0.1) is 10.2 Å². The molecule has 1 aliphatic heterocycles. The molecule has 1 aromatic heterocycles. The second-order valence-electron chi connectivity index (χ2n) is 5.32. The summed E-state index contributed by atoms with van der Waals surface area (Å²) >= 11 is 0. The molecule has 1 saturated heterocycles. The average Bonchev–Trinajstić information content (AvgIpc) is 3.09. The van der Waals surface area contributed by atoms with Gasteiger partial charge < -0.3 is 0 Å². The molecule has 2 aromatic rings. The summed E-state index contributed by atoms with van der Waals surface area (Å²) in [6, 6.07) is 8.79. The first-order valence-electron chi connectivity index (χ1n) is 6.97. The van der Waals surface area contributed by atoms with E-state index in [0.29, 0.717) is 6.04 Å². The number of aryl methyl sites for hydroxylation is 1. The van der Waals surface area contributed by atoms with Crippen molar-refractivity contribution in [2.24, 2.45) is 0 Å². The number of benzene rings is 1. The Bertz CT molecular complexity index is 555. The van der Waals surface area contributed by atoms with E-state index >= 15 is 0 Å². The predicted molar refractivity (Wildman–Crippen MR) is 75.3 cm³/mol. The van der Waals surface area contributed by atoms with E-state index < -0.39 is 0 Å². The molecule has 1 aliphatic rings. The monoisotopic (exact) mass is 256 g/mol. The lowest BCUT2D eigenvalue weighted by Crippen LogP contribution is -2.25. The van der Waals surface area contributed by atoms with Crippen LogP contribution < -0.4 is 0 Å². The maximum absolute atomic E-state index is 4.34. The molecule has 1 atom stereocenters. The second-order valence-corrected chi connectivity index (χ2v) is 5.32. The van der Waals surface area contributed by atoms with Gasteiger partial charge in [0.25, 0.3) is 0 Å². The Morgan fingerprint density at radius 2 is 2.00 bits per heavy atom. The molecule has 1 aromatic carbocycles. The molecule has 2 heterocycles. The van der Waals surface area contributed by atoms with Gasteiger partial charge in [0, 0.05) is 5.69 Å². The van der Waals surface area contributed by atoms with E-state index in [1.807, 2.05) is 6.33 Å². The Hall–Kier alpha value is -1.68. The van der Waals surface area contributed by atoms with Crippen molar-refractivity contribution in [3.8, 4) is 5.69 Å². The highest BCUT2D eigenvalue weighted by atomic mass is 15.3. The Labute approximate surface area is 114 Å². The van der Waals surface area contributed by atoms with E-state index in [1.54, 1.807) is 0 Å². The molecule has 3 rings (SSSR count). The summed E-state index contributed by atoms with van der Waals surface area (Å²) in [4.78, 5) is 2.48. The molecule has 0 radical (unpaired) electrons. The van der Waals surface area contributed by atoms with E-state index in [9.17, 15) is 0 Å². The normalized spacial score (nSPS) is 17.8. The molecule has 4 nitrogen and oxygen atoms in total. The minimum atomic E-state index is 0.325. The van der Waals surface area contributed by atoms with Gasteiger partial charge in [0.1, 0.15) is 6.33 Å². The van der Waals surface area contributed by atoms with E-state index in [0.717, 1.165) is 11.5 Å². The van der Waals surface area contributed by atoms with Crippen LogP contribution in [0, 0.1) is 6.92 Å². The maximum Gasteiger partial charge on any atom is 0.154 e. The van der Waals surface area contributed by atoms with Crippen molar-refractivity contribution >= 4 is 0 Å². The zero-order valence-corrected chi connectivity index (χ0v) is 11.6. The van der Waals surface area contributed by atoms with E-state index in [1.165, 1.54) is 31.5 Å². The van der Waals surface area contributed by atoms with Crippen molar-refractivity contribution in [1.29, 1.82) is 0 Å². The van der Waals surface area contributed by atoms with Gasteiger partial charge in [-0.05, 0) is 57.5 Å². The van der Waals surface area contributed by atoms with E-state index in [4.69, 9.17) is 0 Å². The van der Waals surface area contributed by atoms with Crippen LogP contribution in [0.5, 0.6) is 0 Å². The standard InChI is InChI=1S/C15H20N4/c1-12-6-5-7-14(10-12)19-11-16-17-15(19)13(2)18-8-3-4-9-18/h5-7,10-11,13H,3-4,8-9H2,1-2H3. The number of nitrogens with zero attached hydrogens (tertiary/aromatic N) is 4. The molecule has 0 N–H and O–H groups in total. The van der Waals surface area contributed by atoms with E-state index in [-0.39, 0.29) is 0 Å². The van der Waals surface area contributed by atoms with Crippen molar-refractivity contribution in [3.63, 3.8) is 0 Å². The Morgan fingerprint density at radius 3 is 2.74 bits per heavy atom. The van der Waals surface area contributed by atoms with Gasteiger partial charge in [0.2, 0.25) is 0 Å². The quantitative estimate of drug-likeness (QED) is 0.846. The van der Waals surface area contributed by atoms with Crippen LogP contribution in [0.2, 0.25) is 0 Å². The SMILES string of the molecule is Cc1cccc(-n2cnnc2C(C)N2CCCC2)c1. The molecular formula is C15H20N4. The van der Waals surface area contributed by atoms with Crippen LogP contribution in [0.25, 0.3) is 5.69 Å². The van der Waals surface area contributed by atoms with Gasteiger partial charge in [0.05, 0.1) is 6.04 Å². The summed E-state index contributed by atoms with van der Waals surface area (Å²) in [5.41, 5.74) is 2.40. The number of hydrogen-bond donors (Lipinski definition) is 0. The van der Waals surface area contributed by atoms with Gasteiger partial charge in [-0.2, -0.15) is 0 Å². The minimum Gasteiger partial charge on any atom is -0.294 e. The minimum absolute atomic E-state index is 0.325. The maximum atomic E-state index is 4.34. The number of rotatable bonds is 3. The lowest BCUT2D eigenvalue weighted by atomic mass is 10.2. The third kappa shape index (κ3) is 2.40. The average molecular weight is 256 g/mol. The summed E-state index contributed by atoms with van der Waals surface area (Å²) in [6.45, 7) is 6.67. The van der Waals surface area contributed by atoms with Crippen molar-refractivity contribution in [2.45, 2.75) is 32.7 Å². The zero-order chi connectivity index (χ0) is 13.2. The largest absolute Gasteiger partial charge is 0.294 e. The van der Waals surface area contributed by atoms with Crippen LogP contribution in [-0.4, -0.2) is 32.8 Å². The smallest absolute Gasteiger partial charge is 0.154 e. The molecule has 0 spiro atoms. The van der Waals surface area contributed by atoms with Crippen molar-refractivity contribution in [2.75, 3.05) is 13.1 Å². The second kappa shape index (κ2) is 5.13. The highest BCUT2D eigenvalue weighted by molar-refractivity contribution is 5.36. The molecule has 0 aliphatic carbocycles. The lowest BCUT2D eigenvalue weighted by molar-refractivity contribution is 0.251. The molecule has 1 unspecified atom stereocenters. The Kier molecular flexibility index (Phi) is 3.34. The Balaban J connectivity index is 1.93. The third-order valence-electron chi connectivity index (χ3n) is 3.92. The number of hydrogen-bond acceptors (Lipinski definition) is 3. The van der Waals surface area contributed by atoms with Gasteiger partial charge in [-0.3, -0.25) is 9.47 Å². The number of likely N-dealkylation sites (tertiary alicyclic amines) is 1. The fourth-order valence-electron chi connectivity index (χ4n) is 2.80. The fraction of sp³-hybridized carbons (Fsp3) is 0.467. The summed E-state index contributed by atoms with van der Waals surface area (Å²) < 4.78 is 2.11. The first-order chi connectivity index (χ1) is 9.25. The fourth-order valence-corrected chi connectivity index (χ4v) is 2.80. The summed E-state index contributed by atoms with van der Waals surface area (Å²) in [6.07, 6.45) is 4.41. The number of aromatic nitrogens is 3. The van der Waals surface area contributed by atoms with Crippen LogP contribution in [0.3, 0.4) is 0 Å². The van der Waals surface area contributed by atoms with Gasteiger partial charge >= 0.3 is 0 Å². The topological polar surface area (TPSA) is 34.0 Å². The van der Waals surface area contributed by atoms with Gasteiger partial charge in [-0.25, -0.2) is 0 Å². The molecule has 0 bridgehead atoms. The molecule has 1 fully saturated rings. The highest BCUT2D eigenvalue weighted by Gasteiger charge is 2.23. The van der Waals surface area contributed by atoms with Crippen LogP contribution in [0.4, 0.5) is 0 Å². The Morgan fingerprint density at radius 1 is 1.21 bits per heavy atom. The first-order valence-corrected chi connectivity index (χ1v) is 6.97. The van der Waals surface area contributed by atoms with Crippen LogP contribution >= 0.6 is 0 Å². The molecule has 100 valence electrons. The van der Waals surface area contributed by atoms with E-state index in [2.05, 4.69) is 57.8 Å². The predicted octanol–water partition coefficient (Wildman–Crippen LogP) is 2.73. The van der Waals surface area contributed by atoms with Gasteiger partial charge in [0.15, 0.2) is 5.82 Å². The van der Waals surface area contributed by atoms with Gasteiger partial charge in [-0.1, -0.05) is 12.1 Å². The van der Waals surface area contributed by atoms with Crippen LogP contribution in [-0.2, 0) is 0 Å². The highest BCUT2D eigenvalue weighted by Crippen LogP contribution is 2.24. The third-order valence-corrected chi connectivity index (χ3v) is 3.92. The molecule has 0 saturated carbocycles. The lowest BCUT2D eigenvalue weighted by Gasteiger charge is -2.23. The van der Waals surface area contributed by atoms with Crippen LogP contribution in [0.1, 0.15) is 37.2 Å². The molecule has 19 heavy (non-hydrogen) atoms. The molecular weight excluding hydrogens is 236 g/mol. The molecule has 0 amide bonds. The first kappa shape index (κ1) is 12.4. The van der Waals surface area contributed by atoms with Crippen molar-refractivity contribution in [1.82, 2.24) is 19.7 Å². The summed E-state index contributed by atoms with van der Waals surface area (Å²) in [5, 5.41) is 8.44.